The third-order valence-electron chi connectivity index (χ3n) is 4.43. The first kappa shape index (κ1) is 18.0. The summed E-state index contributed by atoms with van der Waals surface area (Å²) in [6.07, 6.45) is 1.62. The summed E-state index contributed by atoms with van der Waals surface area (Å²) in [5, 5.41) is 7.31. The second-order valence-corrected chi connectivity index (χ2v) is 6.28. The minimum absolute atomic E-state index is 0.0918. The molecule has 9 nitrogen and oxygen atoms in total. The second kappa shape index (κ2) is 7.59. The smallest absolute Gasteiger partial charge is 0.269 e. The molecule has 1 amide bonds. The van der Waals surface area contributed by atoms with E-state index in [4.69, 9.17) is 9.47 Å². The van der Waals surface area contributed by atoms with Crippen molar-refractivity contribution < 1.29 is 14.3 Å². The molecule has 3 rings (SSSR count). The number of carbonyl (C=O) groups is 1. The third kappa shape index (κ3) is 3.87. The fourth-order valence-electron chi connectivity index (χ4n) is 3.05. The number of anilines is 1. The third-order valence-corrected chi connectivity index (χ3v) is 4.43. The molecule has 2 aromatic rings. The van der Waals surface area contributed by atoms with Crippen LogP contribution in [0.4, 0.5) is 5.95 Å². The van der Waals surface area contributed by atoms with E-state index in [2.05, 4.69) is 25.3 Å². The summed E-state index contributed by atoms with van der Waals surface area (Å²) in [4.78, 5) is 23.3. The fraction of sp³-hybridized carbons (Fsp3) is 0.529. The highest BCUT2D eigenvalue weighted by Gasteiger charge is 2.24. The first-order valence-corrected chi connectivity index (χ1v) is 8.53. The minimum Gasteiger partial charge on any atom is -0.481 e. The number of methoxy groups -OCH3 is 2. The molecule has 0 unspecified atom stereocenters. The van der Waals surface area contributed by atoms with Crippen LogP contribution in [0, 0.1) is 6.92 Å². The summed E-state index contributed by atoms with van der Waals surface area (Å²) in [7, 11) is 4.90. The van der Waals surface area contributed by atoms with Gasteiger partial charge in [0, 0.05) is 26.2 Å². The van der Waals surface area contributed by atoms with Gasteiger partial charge >= 0.3 is 0 Å². The highest BCUT2D eigenvalue weighted by Crippen LogP contribution is 2.23. The summed E-state index contributed by atoms with van der Waals surface area (Å²) in [6, 6.07) is 3.55. The maximum atomic E-state index is 12.4. The summed E-state index contributed by atoms with van der Waals surface area (Å²) < 4.78 is 12.0. The average Bonchev–Trinajstić information content (AvgIpc) is 3.00. The van der Waals surface area contributed by atoms with Crippen LogP contribution < -0.4 is 19.7 Å². The molecule has 26 heavy (non-hydrogen) atoms. The quantitative estimate of drug-likeness (QED) is 0.848. The van der Waals surface area contributed by atoms with Gasteiger partial charge in [-0.1, -0.05) is 0 Å². The van der Waals surface area contributed by atoms with Gasteiger partial charge in [0.15, 0.2) is 0 Å². The van der Waals surface area contributed by atoms with Crippen molar-refractivity contribution in [3.8, 4) is 11.8 Å². The number of hydrogen-bond donors (Lipinski definition) is 1. The van der Waals surface area contributed by atoms with Crippen LogP contribution in [0.3, 0.4) is 0 Å². The Kier molecular flexibility index (Phi) is 5.24. The molecule has 9 heteroatoms. The fourth-order valence-corrected chi connectivity index (χ4v) is 3.05. The molecule has 0 spiro atoms. The second-order valence-electron chi connectivity index (χ2n) is 6.28. The summed E-state index contributed by atoms with van der Waals surface area (Å²) >= 11 is 0. The normalized spacial score (nSPS) is 15.0. The Morgan fingerprint density at radius 2 is 1.77 bits per heavy atom. The van der Waals surface area contributed by atoms with Crippen molar-refractivity contribution >= 4 is 11.9 Å². The predicted molar refractivity (Wildman–Crippen MR) is 95.8 cm³/mol. The number of aromatic nitrogens is 4. The predicted octanol–water partition coefficient (Wildman–Crippen LogP) is 0.935. The van der Waals surface area contributed by atoms with Crippen molar-refractivity contribution in [2.24, 2.45) is 7.05 Å². The molecule has 0 radical (unpaired) electrons. The van der Waals surface area contributed by atoms with Crippen molar-refractivity contribution in [2.75, 3.05) is 32.2 Å². The van der Waals surface area contributed by atoms with Gasteiger partial charge in [-0.05, 0) is 25.8 Å². The molecule has 0 atom stereocenters. The van der Waals surface area contributed by atoms with Crippen LogP contribution >= 0.6 is 0 Å². The number of hydrogen-bond acceptors (Lipinski definition) is 7. The highest BCUT2D eigenvalue weighted by molar-refractivity contribution is 5.92. The number of piperidine rings is 1. The molecule has 2 aromatic heterocycles. The number of ether oxygens (including phenoxy) is 2. The van der Waals surface area contributed by atoms with Crippen molar-refractivity contribution in [1.82, 2.24) is 25.1 Å². The largest absolute Gasteiger partial charge is 0.481 e. The summed E-state index contributed by atoms with van der Waals surface area (Å²) in [5.74, 6) is 1.42. The molecule has 1 aliphatic rings. The number of rotatable bonds is 5. The Morgan fingerprint density at radius 1 is 1.15 bits per heavy atom. The van der Waals surface area contributed by atoms with Crippen LogP contribution in [-0.4, -0.2) is 59.0 Å². The zero-order chi connectivity index (χ0) is 18.7. The van der Waals surface area contributed by atoms with Crippen LogP contribution in [0.25, 0.3) is 0 Å². The van der Waals surface area contributed by atoms with E-state index >= 15 is 0 Å². The van der Waals surface area contributed by atoms with Gasteiger partial charge in [-0.3, -0.25) is 9.48 Å². The van der Waals surface area contributed by atoms with E-state index in [1.54, 1.807) is 38.1 Å². The van der Waals surface area contributed by atoms with Crippen LogP contribution in [0.15, 0.2) is 12.1 Å². The topological polar surface area (TPSA) is 94.4 Å². The minimum atomic E-state index is -0.0918. The van der Waals surface area contributed by atoms with E-state index in [0.29, 0.717) is 23.4 Å². The van der Waals surface area contributed by atoms with Crippen molar-refractivity contribution in [3.63, 3.8) is 0 Å². The summed E-state index contributed by atoms with van der Waals surface area (Å²) in [6.45, 7) is 3.36. The van der Waals surface area contributed by atoms with Gasteiger partial charge in [-0.2, -0.15) is 15.1 Å². The van der Waals surface area contributed by atoms with Gasteiger partial charge < -0.3 is 19.7 Å². The molecule has 1 saturated heterocycles. The number of nitrogens with zero attached hydrogens (tertiary/aromatic N) is 5. The molecule has 1 N–H and O–H groups in total. The standard InChI is InChI=1S/C17H24N6O3/c1-11-9-13(22(2)21-11)16(24)18-12-5-7-23(8-6-12)17-19-14(25-3)10-15(20-17)26-4/h9-10,12H,5-8H2,1-4H3,(H,18,24). The Hall–Kier alpha value is -2.84. The lowest BCUT2D eigenvalue weighted by Crippen LogP contribution is -2.45. The highest BCUT2D eigenvalue weighted by atomic mass is 16.5. The lowest BCUT2D eigenvalue weighted by atomic mass is 10.1. The Bertz CT molecular complexity index is 761. The first-order valence-electron chi connectivity index (χ1n) is 8.53. The van der Waals surface area contributed by atoms with Gasteiger partial charge in [-0.25, -0.2) is 0 Å². The van der Waals surface area contributed by atoms with Crippen LogP contribution in [0.2, 0.25) is 0 Å². The van der Waals surface area contributed by atoms with Crippen LogP contribution in [0.1, 0.15) is 29.0 Å². The van der Waals surface area contributed by atoms with Crippen LogP contribution in [0.5, 0.6) is 11.8 Å². The molecular formula is C17H24N6O3. The van der Waals surface area contributed by atoms with E-state index in [-0.39, 0.29) is 11.9 Å². The SMILES string of the molecule is COc1cc(OC)nc(N2CCC(NC(=O)c3cc(C)nn3C)CC2)n1. The molecular weight excluding hydrogens is 336 g/mol. The van der Waals surface area contributed by atoms with Gasteiger partial charge in [0.1, 0.15) is 5.69 Å². The molecule has 1 fully saturated rings. The van der Waals surface area contributed by atoms with E-state index in [1.165, 1.54) is 0 Å². The van der Waals surface area contributed by atoms with Crippen molar-refractivity contribution in [1.29, 1.82) is 0 Å². The summed E-state index contributed by atoms with van der Waals surface area (Å²) in [5.41, 5.74) is 1.40. The van der Waals surface area contributed by atoms with Crippen LogP contribution in [-0.2, 0) is 7.05 Å². The molecule has 140 valence electrons. The molecule has 0 aromatic carbocycles. The monoisotopic (exact) mass is 360 g/mol. The Morgan fingerprint density at radius 3 is 2.27 bits per heavy atom. The molecule has 1 aliphatic heterocycles. The van der Waals surface area contributed by atoms with Gasteiger partial charge in [0.25, 0.3) is 5.91 Å². The lowest BCUT2D eigenvalue weighted by Gasteiger charge is -2.32. The molecule has 0 bridgehead atoms. The zero-order valence-corrected chi connectivity index (χ0v) is 15.5. The van der Waals surface area contributed by atoms with E-state index in [9.17, 15) is 4.79 Å². The average molecular weight is 360 g/mol. The van der Waals surface area contributed by atoms with E-state index in [1.807, 2.05) is 6.92 Å². The number of carbonyl (C=O) groups excluding carboxylic acids is 1. The maximum absolute atomic E-state index is 12.4. The number of aryl methyl sites for hydroxylation is 2. The number of nitrogens with one attached hydrogen (secondary N) is 1. The van der Waals surface area contributed by atoms with Crippen molar-refractivity contribution in [2.45, 2.75) is 25.8 Å². The molecule has 0 aliphatic carbocycles. The van der Waals surface area contributed by atoms with Gasteiger partial charge in [0.2, 0.25) is 17.7 Å². The lowest BCUT2D eigenvalue weighted by molar-refractivity contribution is 0.0921. The Labute approximate surface area is 152 Å². The van der Waals surface area contributed by atoms with Gasteiger partial charge in [-0.15, -0.1) is 0 Å². The first-order chi connectivity index (χ1) is 12.5. The Balaban J connectivity index is 1.61. The zero-order valence-electron chi connectivity index (χ0n) is 15.5. The van der Waals surface area contributed by atoms with E-state index in [0.717, 1.165) is 31.6 Å². The molecule has 3 heterocycles. The van der Waals surface area contributed by atoms with Gasteiger partial charge in [0.05, 0.1) is 26.0 Å². The maximum Gasteiger partial charge on any atom is 0.269 e. The van der Waals surface area contributed by atoms with E-state index < -0.39 is 0 Å². The number of amides is 1. The molecule has 0 saturated carbocycles. The van der Waals surface area contributed by atoms with Crippen molar-refractivity contribution in [3.05, 3.63) is 23.5 Å².